The zero-order valence-electron chi connectivity index (χ0n) is 15.9. The highest BCUT2D eigenvalue weighted by Gasteiger charge is 2.26. The molecule has 0 amide bonds. The van der Waals surface area contributed by atoms with Crippen LogP contribution in [0, 0.1) is 13.8 Å². The molecule has 1 aliphatic heterocycles. The third kappa shape index (κ3) is 3.95. The van der Waals surface area contributed by atoms with Crippen LogP contribution >= 0.6 is 0 Å². The van der Waals surface area contributed by atoms with Crippen LogP contribution in [-0.2, 0) is 10.0 Å². The molecule has 27 heavy (non-hydrogen) atoms. The molecule has 1 aromatic carbocycles. The lowest BCUT2D eigenvalue weighted by Crippen LogP contribution is -2.29. The van der Waals surface area contributed by atoms with Crippen molar-refractivity contribution in [1.29, 1.82) is 0 Å². The monoisotopic (exact) mass is 395 g/mol. The zero-order chi connectivity index (χ0) is 19.8. The Kier molecular flexibility index (Phi) is 5.45. The fourth-order valence-corrected chi connectivity index (χ4v) is 4.62. The van der Waals surface area contributed by atoms with Crippen LogP contribution in [0.5, 0.6) is 11.5 Å². The molecule has 0 radical (unpaired) electrons. The van der Waals surface area contributed by atoms with Crippen LogP contribution in [0.25, 0.3) is 0 Å². The number of sulfonamides is 1. The second-order valence-electron chi connectivity index (χ2n) is 6.81. The van der Waals surface area contributed by atoms with Crippen molar-refractivity contribution in [3.05, 3.63) is 35.2 Å². The van der Waals surface area contributed by atoms with Gasteiger partial charge in [-0.1, -0.05) is 6.07 Å². The van der Waals surface area contributed by atoms with Gasteiger partial charge in [0.1, 0.15) is 18.1 Å². The number of aromatic nitrogens is 2. The highest BCUT2D eigenvalue weighted by atomic mass is 32.2. The molecule has 8 nitrogen and oxygen atoms in total. The Balaban J connectivity index is 1.76. The number of aliphatic hydroxyl groups excluding tert-OH is 1. The van der Waals surface area contributed by atoms with Gasteiger partial charge >= 0.3 is 0 Å². The first-order chi connectivity index (χ1) is 12.7. The van der Waals surface area contributed by atoms with Gasteiger partial charge in [0.2, 0.25) is 10.0 Å². The maximum absolute atomic E-state index is 12.8. The van der Waals surface area contributed by atoms with E-state index in [2.05, 4.69) is 9.82 Å². The van der Waals surface area contributed by atoms with Crippen LogP contribution in [0.3, 0.4) is 0 Å². The SMILES string of the molecule is Cc1nn(C(C)C)c(C)c1S(=O)(=O)NC[C@@H](O)c1ccc2c(c1)OCCO2. The van der Waals surface area contributed by atoms with Gasteiger partial charge in [0, 0.05) is 12.6 Å². The average molecular weight is 395 g/mol. The molecule has 2 N–H and O–H groups in total. The molecular weight excluding hydrogens is 370 g/mol. The quantitative estimate of drug-likeness (QED) is 0.774. The van der Waals surface area contributed by atoms with Crippen LogP contribution < -0.4 is 14.2 Å². The molecule has 0 unspecified atom stereocenters. The van der Waals surface area contributed by atoms with E-state index < -0.39 is 16.1 Å². The van der Waals surface area contributed by atoms with Gasteiger partial charge in [-0.3, -0.25) is 4.68 Å². The van der Waals surface area contributed by atoms with E-state index >= 15 is 0 Å². The lowest BCUT2D eigenvalue weighted by atomic mass is 10.1. The van der Waals surface area contributed by atoms with Crippen molar-refractivity contribution in [2.24, 2.45) is 0 Å². The number of aliphatic hydroxyl groups is 1. The number of benzene rings is 1. The van der Waals surface area contributed by atoms with Crippen molar-refractivity contribution in [3.8, 4) is 11.5 Å². The van der Waals surface area contributed by atoms with Crippen molar-refractivity contribution in [1.82, 2.24) is 14.5 Å². The molecule has 2 heterocycles. The molecule has 0 aliphatic carbocycles. The number of aryl methyl sites for hydroxylation is 1. The molecule has 0 saturated carbocycles. The second kappa shape index (κ2) is 7.49. The number of hydrogen-bond acceptors (Lipinski definition) is 6. The molecule has 0 fully saturated rings. The summed E-state index contributed by atoms with van der Waals surface area (Å²) in [6.45, 7) is 8.04. The Morgan fingerprint density at radius 3 is 2.52 bits per heavy atom. The maximum Gasteiger partial charge on any atom is 0.244 e. The van der Waals surface area contributed by atoms with E-state index in [4.69, 9.17) is 9.47 Å². The molecule has 1 aliphatic rings. The van der Waals surface area contributed by atoms with Gasteiger partial charge < -0.3 is 14.6 Å². The first kappa shape index (κ1) is 19.7. The lowest BCUT2D eigenvalue weighted by molar-refractivity contribution is 0.165. The molecule has 1 atom stereocenters. The largest absolute Gasteiger partial charge is 0.486 e. The van der Waals surface area contributed by atoms with Gasteiger partial charge in [-0.2, -0.15) is 5.10 Å². The highest BCUT2D eigenvalue weighted by Crippen LogP contribution is 2.32. The summed E-state index contributed by atoms with van der Waals surface area (Å²) in [6.07, 6.45) is -1.02. The molecular formula is C18H25N3O5S. The number of hydrogen-bond donors (Lipinski definition) is 2. The van der Waals surface area contributed by atoms with E-state index in [1.54, 1.807) is 36.7 Å². The van der Waals surface area contributed by atoms with Gasteiger partial charge in [0.05, 0.1) is 17.5 Å². The Hall–Kier alpha value is -2.10. The number of fused-ring (bicyclic) bond motifs is 1. The average Bonchev–Trinajstić information content (AvgIpc) is 2.94. The van der Waals surface area contributed by atoms with Gasteiger partial charge in [-0.05, 0) is 45.4 Å². The third-order valence-corrected chi connectivity index (χ3v) is 6.11. The molecule has 2 aromatic rings. The molecule has 0 spiro atoms. The van der Waals surface area contributed by atoms with Crippen LogP contribution in [0.4, 0.5) is 0 Å². The number of rotatable bonds is 6. The maximum atomic E-state index is 12.8. The summed E-state index contributed by atoms with van der Waals surface area (Å²) in [4.78, 5) is 0.158. The van der Waals surface area contributed by atoms with Gasteiger partial charge in [-0.25, -0.2) is 13.1 Å². The zero-order valence-corrected chi connectivity index (χ0v) is 16.7. The summed E-state index contributed by atoms with van der Waals surface area (Å²) in [5, 5.41) is 14.7. The third-order valence-electron chi connectivity index (χ3n) is 4.43. The van der Waals surface area contributed by atoms with Crippen molar-refractivity contribution in [3.63, 3.8) is 0 Å². The van der Waals surface area contributed by atoms with E-state index in [-0.39, 0.29) is 17.5 Å². The normalized spacial score (nSPS) is 15.2. The number of nitrogens with one attached hydrogen (secondary N) is 1. The summed E-state index contributed by atoms with van der Waals surface area (Å²) >= 11 is 0. The van der Waals surface area contributed by atoms with Crippen LogP contribution in [0.2, 0.25) is 0 Å². The predicted molar refractivity (Wildman–Crippen MR) is 99.7 cm³/mol. The summed E-state index contributed by atoms with van der Waals surface area (Å²) in [7, 11) is -3.80. The Morgan fingerprint density at radius 2 is 1.89 bits per heavy atom. The summed E-state index contributed by atoms with van der Waals surface area (Å²) in [6, 6.07) is 5.12. The van der Waals surface area contributed by atoms with E-state index in [0.29, 0.717) is 41.7 Å². The molecule has 0 bridgehead atoms. The van der Waals surface area contributed by atoms with E-state index in [1.165, 1.54) is 0 Å². The molecule has 0 saturated heterocycles. The smallest absolute Gasteiger partial charge is 0.244 e. The van der Waals surface area contributed by atoms with Crippen molar-refractivity contribution < 1.29 is 23.0 Å². The van der Waals surface area contributed by atoms with Gasteiger partial charge in [0.15, 0.2) is 11.5 Å². The summed E-state index contributed by atoms with van der Waals surface area (Å²) in [5.74, 6) is 1.16. The Morgan fingerprint density at radius 1 is 1.22 bits per heavy atom. The minimum Gasteiger partial charge on any atom is -0.486 e. The van der Waals surface area contributed by atoms with Crippen LogP contribution in [-0.4, -0.2) is 43.1 Å². The number of nitrogens with zero attached hydrogens (tertiary/aromatic N) is 2. The highest BCUT2D eigenvalue weighted by molar-refractivity contribution is 7.89. The molecule has 1 aromatic heterocycles. The molecule has 9 heteroatoms. The number of ether oxygens (including phenoxy) is 2. The van der Waals surface area contributed by atoms with Crippen LogP contribution in [0.1, 0.15) is 42.9 Å². The predicted octanol–water partition coefficient (Wildman–Crippen LogP) is 1.86. The minimum absolute atomic E-state index is 0.0518. The van der Waals surface area contributed by atoms with E-state index in [0.717, 1.165) is 0 Å². The van der Waals surface area contributed by atoms with Crippen molar-refractivity contribution in [2.45, 2.75) is 44.7 Å². The van der Waals surface area contributed by atoms with Crippen LogP contribution in [0.15, 0.2) is 23.1 Å². The first-order valence-electron chi connectivity index (χ1n) is 8.83. The molecule has 3 rings (SSSR count). The second-order valence-corrected chi connectivity index (χ2v) is 8.51. The molecule has 148 valence electrons. The fourth-order valence-electron chi connectivity index (χ4n) is 3.19. The van der Waals surface area contributed by atoms with E-state index in [1.807, 2.05) is 13.8 Å². The van der Waals surface area contributed by atoms with Gasteiger partial charge in [-0.15, -0.1) is 0 Å². The lowest BCUT2D eigenvalue weighted by Gasteiger charge is -2.20. The van der Waals surface area contributed by atoms with Crippen molar-refractivity contribution >= 4 is 10.0 Å². The van der Waals surface area contributed by atoms with E-state index in [9.17, 15) is 13.5 Å². The Bertz CT molecular complexity index is 937. The van der Waals surface area contributed by atoms with Crippen molar-refractivity contribution in [2.75, 3.05) is 19.8 Å². The fraction of sp³-hybridized carbons (Fsp3) is 0.500. The van der Waals surface area contributed by atoms with Gasteiger partial charge in [0.25, 0.3) is 0 Å². The minimum atomic E-state index is -3.80. The standard InChI is InChI=1S/C18H25N3O5S/c1-11(2)21-13(4)18(12(3)20-21)27(23,24)19-10-15(22)14-5-6-16-17(9-14)26-8-7-25-16/h5-6,9,11,15,19,22H,7-8,10H2,1-4H3/t15-/m1/s1. The first-order valence-corrected chi connectivity index (χ1v) is 10.3. The summed E-state index contributed by atoms with van der Waals surface area (Å²) in [5.41, 5.74) is 1.56. The Labute approximate surface area is 159 Å². The summed E-state index contributed by atoms with van der Waals surface area (Å²) < 4.78 is 40.6. The topological polar surface area (TPSA) is 103 Å².